The third kappa shape index (κ3) is 9.27. The fraction of sp³-hybridized carbons (Fsp3) is 0. The van der Waals surface area contributed by atoms with Gasteiger partial charge in [-0.2, -0.15) is 0 Å². The van der Waals surface area contributed by atoms with Crippen LogP contribution < -0.4 is 18.9 Å². The fourth-order valence-electron chi connectivity index (χ4n) is 0. The predicted molar refractivity (Wildman–Crippen MR) is 6.12 cm³/mol. The number of hydrogen-bond donors (Lipinski definition) is 0. The Bertz CT molecular complexity index is 9.61. The van der Waals surface area contributed by atoms with Crippen LogP contribution in [0, 0.1) is 38.6 Å². The standard InChI is InChI=1S/2FH.Li.Tb.H/h2*1H;;;/q;;+1;;-1. The summed E-state index contributed by atoms with van der Waals surface area (Å²) in [6.45, 7) is 0. The molecule has 4 heavy (non-hydrogen) atoms. The first-order valence-corrected chi connectivity index (χ1v) is 0. The van der Waals surface area contributed by atoms with Crippen LogP contribution in [0.4, 0.5) is 9.41 Å². The van der Waals surface area contributed by atoms with Crippen molar-refractivity contribution < 1.29 is 68.3 Å². The number of hydrogen-bond acceptors (Lipinski definition) is 0. The van der Waals surface area contributed by atoms with E-state index in [0.29, 0.717) is 0 Å². The molecule has 0 aromatic heterocycles. The molecule has 0 rings (SSSR count). The SMILES string of the molecule is F.F.[H-].[Li+].[Tb]. The van der Waals surface area contributed by atoms with Gasteiger partial charge in [-0.3, -0.25) is 9.41 Å². The molecule has 0 aliphatic rings. The summed E-state index contributed by atoms with van der Waals surface area (Å²) in [5.74, 6) is 0. The molecule has 0 aromatic carbocycles. The second kappa shape index (κ2) is 21.9. The van der Waals surface area contributed by atoms with Crippen LogP contribution in [-0.2, 0) is 0 Å². The first kappa shape index (κ1) is 42.5. The topological polar surface area (TPSA) is 0 Å². The van der Waals surface area contributed by atoms with Crippen LogP contribution in [0.3, 0.4) is 0 Å². The van der Waals surface area contributed by atoms with Crippen molar-refractivity contribution in [2.75, 3.05) is 0 Å². The van der Waals surface area contributed by atoms with E-state index in [1.165, 1.54) is 0 Å². The van der Waals surface area contributed by atoms with Gasteiger partial charge in [-0.05, 0) is 0 Å². The van der Waals surface area contributed by atoms with Gasteiger partial charge in [0.25, 0.3) is 0 Å². The third-order valence-electron chi connectivity index (χ3n) is 0. The van der Waals surface area contributed by atoms with Crippen LogP contribution in [0.5, 0.6) is 0 Å². The summed E-state index contributed by atoms with van der Waals surface area (Å²) in [5.41, 5.74) is 0. The smallest absolute Gasteiger partial charge is 1.00 e. The van der Waals surface area contributed by atoms with E-state index in [1.807, 2.05) is 0 Å². The van der Waals surface area contributed by atoms with E-state index < -0.39 is 0 Å². The molecule has 0 aliphatic carbocycles. The van der Waals surface area contributed by atoms with Gasteiger partial charge < -0.3 is 1.43 Å². The minimum atomic E-state index is 0. The molecule has 0 spiro atoms. The maximum atomic E-state index is 0. The first-order valence-electron chi connectivity index (χ1n) is 0. The Balaban J connectivity index is 0. The summed E-state index contributed by atoms with van der Waals surface area (Å²) in [6, 6.07) is 0. The molecule has 0 atom stereocenters. The van der Waals surface area contributed by atoms with Crippen molar-refractivity contribution in [1.29, 1.82) is 0 Å². The summed E-state index contributed by atoms with van der Waals surface area (Å²) in [6.07, 6.45) is 0. The van der Waals surface area contributed by atoms with Gasteiger partial charge in [0, 0.05) is 38.6 Å². The minimum Gasteiger partial charge on any atom is -1.00 e. The van der Waals surface area contributed by atoms with E-state index in [9.17, 15) is 0 Å². The predicted octanol–water partition coefficient (Wildman–Crippen LogP) is -2.58. The summed E-state index contributed by atoms with van der Waals surface area (Å²) < 4.78 is 0. The maximum absolute atomic E-state index is 0. The van der Waals surface area contributed by atoms with E-state index in [1.54, 1.807) is 0 Å². The van der Waals surface area contributed by atoms with Crippen molar-refractivity contribution in [3.8, 4) is 0 Å². The zero-order valence-electron chi connectivity index (χ0n) is 3.15. The van der Waals surface area contributed by atoms with E-state index in [-0.39, 0.29) is 68.3 Å². The third-order valence-corrected chi connectivity index (χ3v) is 0. The Morgan fingerprint density at radius 2 is 1.00 bits per heavy atom. The van der Waals surface area contributed by atoms with Crippen LogP contribution in [0.2, 0.25) is 0 Å². The zero-order chi connectivity index (χ0) is 0. The average molecular weight is 207 g/mol. The van der Waals surface area contributed by atoms with Gasteiger partial charge in [0.2, 0.25) is 0 Å². The van der Waals surface area contributed by atoms with Gasteiger partial charge in [-0.25, -0.2) is 0 Å². The molecule has 0 saturated heterocycles. The molecule has 0 amide bonds. The second-order valence-electron chi connectivity index (χ2n) is 0. The Kier molecular flexibility index (Phi) is 233. The molecule has 0 aliphatic heterocycles. The molecule has 4 heteroatoms. The minimum absolute atomic E-state index is 0. The Labute approximate surface area is 67.5 Å². The van der Waals surface area contributed by atoms with Gasteiger partial charge in [0.15, 0.2) is 0 Å². The summed E-state index contributed by atoms with van der Waals surface area (Å²) in [7, 11) is 0. The molecule has 0 bridgehead atoms. The van der Waals surface area contributed by atoms with Crippen LogP contribution >= 0.6 is 0 Å². The van der Waals surface area contributed by atoms with Crippen molar-refractivity contribution in [3.05, 3.63) is 0 Å². The Morgan fingerprint density at radius 1 is 1.00 bits per heavy atom. The van der Waals surface area contributed by atoms with Gasteiger partial charge in [0.05, 0.1) is 0 Å². The normalized spacial score (nSPS) is 0. The number of halogens is 2. The zero-order valence-corrected chi connectivity index (χ0v) is 4.29. The Morgan fingerprint density at radius 3 is 1.00 bits per heavy atom. The van der Waals surface area contributed by atoms with Gasteiger partial charge in [0.1, 0.15) is 0 Å². The van der Waals surface area contributed by atoms with E-state index in [4.69, 9.17) is 0 Å². The van der Waals surface area contributed by atoms with Crippen molar-refractivity contribution in [2.24, 2.45) is 0 Å². The molecule has 0 heterocycles. The second-order valence-corrected chi connectivity index (χ2v) is 0. The monoisotopic (exact) mass is 207 g/mol. The first-order chi connectivity index (χ1) is 0. The van der Waals surface area contributed by atoms with Crippen LogP contribution in [0.15, 0.2) is 0 Å². The quantitative estimate of drug-likeness (QED) is 0.383. The molecule has 0 N–H and O–H groups in total. The van der Waals surface area contributed by atoms with Crippen LogP contribution in [-0.4, -0.2) is 0 Å². The fourth-order valence-corrected chi connectivity index (χ4v) is 0. The Hall–Kier alpha value is 1.74. The summed E-state index contributed by atoms with van der Waals surface area (Å²) in [4.78, 5) is 0. The molecule has 0 nitrogen and oxygen atoms in total. The molecule has 27 valence electrons. The van der Waals surface area contributed by atoms with Crippen molar-refractivity contribution in [2.45, 2.75) is 0 Å². The summed E-state index contributed by atoms with van der Waals surface area (Å²) in [5, 5.41) is 0. The van der Waals surface area contributed by atoms with Gasteiger partial charge in [-0.1, -0.05) is 0 Å². The molecular formula is H3F2LiTb. The molecule has 0 aromatic rings. The average Bonchev–Trinajstić information content (AvgIpc) is 0. The largest absolute Gasteiger partial charge is 1.00 e. The van der Waals surface area contributed by atoms with E-state index in [2.05, 4.69) is 0 Å². The van der Waals surface area contributed by atoms with E-state index in [0.717, 1.165) is 0 Å². The van der Waals surface area contributed by atoms with Gasteiger partial charge >= 0.3 is 18.9 Å². The van der Waals surface area contributed by atoms with Crippen molar-refractivity contribution in [1.82, 2.24) is 0 Å². The maximum Gasteiger partial charge on any atom is 1.00 e. The summed E-state index contributed by atoms with van der Waals surface area (Å²) >= 11 is 0. The van der Waals surface area contributed by atoms with Crippen molar-refractivity contribution >= 4 is 0 Å². The van der Waals surface area contributed by atoms with Crippen molar-refractivity contribution in [3.63, 3.8) is 0 Å². The molecule has 0 fully saturated rings. The van der Waals surface area contributed by atoms with E-state index >= 15 is 0 Å². The molecular weight excluding hydrogens is 204 g/mol. The number of rotatable bonds is 0. The van der Waals surface area contributed by atoms with Crippen LogP contribution in [0.1, 0.15) is 1.43 Å². The molecule has 0 saturated carbocycles. The van der Waals surface area contributed by atoms with Gasteiger partial charge in [-0.15, -0.1) is 0 Å². The van der Waals surface area contributed by atoms with Crippen LogP contribution in [0.25, 0.3) is 0 Å². The molecule has 1 radical (unpaired) electrons. The molecule has 0 unspecified atom stereocenters.